The predicted molar refractivity (Wildman–Crippen MR) is 68.5 cm³/mol. The van der Waals surface area contributed by atoms with Gasteiger partial charge in [-0.15, -0.1) is 0 Å². The molecule has 16 heavy (non-hydrogen) atoms. The van der Waals surface area contributed by atoms with E-state index in [0.717, 1.165) is 5.92 Å². The maximum atomic E-state index is 6.13. The largest absolute Gasteiger partial charge is 0.327 e. The molecule has 1 aliphatic carbocycles. The van der Waals surface area contributed by atoms with Gasteiger partial charge in [-0.3, -0.25) is 0 Å². The third kappa shape index (κ3) is 3.19. The first-order valence-electron chi connectivity index (χ1n) is 7.00. The van der Waals surface area contributed by atoms with Gasteiger partial charge in [0.2, 0.25) is 0 Å². The van der Waals surface area contributed by atoms with Gasteiger partial charge in [0.05, 0.1) is 0 Å². The first-order valence-corrected chi connectivity index (χ1v) is 7.00. The number of piperazine rings is 1. The topological polar surface area (TPSA) is 32.5 Å². The van der Waals surface area contributed by atoms with Gasteiger partial charge in [-0.2, -0.15) is 0 Å². The van der Waals surface area contributed by atoms with Crippen molar-refractivity contribution in [2.75, 3.05) is 39.3 Å². The fraction of sp³-hybridized carbons (Fsp3) is 1.00. The second-order valence-electron chi connectivity index (χ2n) is 5.50. The lowest BCUT2D eigenvalue weighted by atomic mass is 10.0. The Kier molecular flexibility index (Phi) is 4.62. The van der Waals surface area contributed by atoms with E-state index in [0.29, 0.717) is 6.04 Å². The summed E-state index contributed by atoms with van der Waals surface area (Å²) < 4.78 is 0. The van der Waals surface area contributed by atoms with Crippen molar-refractivity contribution in [3.8, 4) is 0 Å². The zero-order valence-electron chi connectivity index (χ0n) is 10.7. The Morgan fingerprint density at radius 3 is 2.31 bits per heavy atom. The molecule has 2 N–H and O–H groups in total. The molecule has 2 unspecified atom stereocenters. The average Bonchev–Trinajstić information content (AvgIpc) is 2.68. The summed E-state index contributed by atoms with van der Waals surface area (Å²) in [5, 5.41) is 0. The van der Waals surface area contributed by atoms with Crippen molar-refractivity contribution in [3.05, 3.63) is 0 Å². The molecule has 2 atom stereocenters. The molecule has 1 saturated carbocycles. The molecular weight excluding hydrogens is 198 g/mol. The van der Waals surface area contributed by atoms with Gasteiger partial charge >= 0.3 is 0 Å². The van der Waals surface area contributed by atoms with E-state index in [4.69, 9.17) is 5.73 Å². The van der Waals surface area contributed by atoms with Crippen LogP contribution in [-0.2, 0) is 0 Å². The van der Waals surface area contributed by atoms with Gasteiger partial charge in [0.1, 0.15) is 0 Å². The number of nitrogens with zero attached hydrogens (tertiary/aromatic N) is 2. The van der Waals surface area contributed by atoms with Crippen molar-refractivity contribution in [2.24, 2.45) is 11.7 Å². The molecule has 0 aromatic rings. The first-order chi connectivity index (χ1) is 7.79. The summed E-state index contributed by atoms with van der Waals surface area (Å²) in [5.74, 6) is 0.776. The Morgan fingerprint density at radius 2 is 1.75 bits per heavy atom. The van der Waals surface area contributed by atoms with Crippen molar-refractivity contribution in [3.63, 3.8) is 0 Å². The van der Waals surface area contributed by atoms with Gasteiger partial charge < -0.3 is 15.5 Å². The number of hydrogen-bond donors (Lipinski definition) is 1. The molecule has 3 heteroatoms. The summed E-state index contributed by atoms with van der Waals surface area (Å²) in [5.41, 5.74) is 6.13. The molecule has 2 fully saturated rings. The molecule has 0 spiro atoms. The van der Waals surface area contributed by atoms with Gasteiger partial charge in [-0.05, 0) is 31.7 Å². The van der Waals surface area contributed by atoms with E-state index in [1.807, 2.05) is 0 Å². The van der Waals surface area contributed by atoms with Crippen LogP contribution in [-0.4, -0.2) is 55.1 Å². The van der Waals surface area contributed by atoms with Crippen molar-refractivity contribution in [1.82, 2.24) is 9.80 Å². The molecule has 0 radical (unpaired) electrons. The normalized spacial score (nSPS) is 33.4. The van der Waals surface area contributed by atoms with E-state index in [1.54, 1.807) is 0 Å². The van der Waals surface area contributed by atoms with Crippen molar-refractivity contribution >= 4 is 0 Å². The van der Waals surface area contributed by atoms with Crippen molar-refractivity contribution < 1.29 is 0 Å². The summed E-state index contributed by atoms with van der Waals surface area (Å²) in [7, 11) is 0. The van der Waals surface area contributed by atoms with Crippen LogP contribution in [0.3, 0.4) is 0 Å². The molecule has 1 aliphatic heterocycles. The highest BCUT2D eigenvalue weighted by Gasteiger charge is 2.27. The molecule has 2 aliphatic rings. The fourth-order valence-electron chi connectivity index (χ4n) is 3.14. The molecule has 3 nitrogen and oxygen atoms in total. The summed E-state index contributed by atoms with van der Waals surface area (Å²) in [6.45, 7) is 9.82. The number of nitrogens with two attached hydrogens (primary N) is 1. The van der Waals surface area contributed by atoms with E-state index in [2.05, 4.69) is 16.7 Å². The summed E-state index contributed by atoms with van der Waals surface area (Å²) >= 11 is 0. The third-order valence-electron chi connectivity index (χ3n) is 4.22. The third-order valence-corrected chi connectivity index (χ3v) is 4.22. The lowest BCUT2D eigenvalue weighted by Gasteiger charge is -2.36. The van der Waals surface area contributed by atoms with Gasteiger partial charge in [-0.25, -0.2) is 0 Å². The highest BCUT2D eigenvalue weighted by atomic mass is 15.3. The molecular formula is C13H27N3. The fourth-order valence-corrected chi connectivity index (χ4v) is 3.14. The van der Waals surface area contributed by atoms with Crippen LogP contribution in [0.25, 0.3) is 0 Å². The Labute approximate surface area is 100.0 Å². The van der Waals surface area contributed by atoms with Crippen LogP contribution in [0.4, 0.5) is 0 Å². The van der Waals surface area contributed by atoms with Crippen LogP contribution in [0.1, 0.15) is 32.6 Å². The summed E-state index contributed by atoms with van der Waals surface area (Å²) in [4.78, 5) is 5.22. The Bertz CT molecular complexity index is 199. The zero-order valence-corrected chi connectivity index (χ0v) is 10.7. The monoisotopic (exact) mass is 225 g/mol. The second-order valence-corrected chi connectivity index (χ2v) is 5.50. The van der Waals surface area contributed by atoms with Crippen LogP contribution in [0.2, 0.25) is 0 Å². The standard InChI is InChI=1S/C13H27N3/c1-2-6-15-7-9-16(10-8-15)11-12-4-3-5-13(12)14/h12-13H,2-11,14H2,1H3. The van der Waals surface area contributed by atoms with Gasteiger partial charge in [-0.1, -0.05) is 13.3 Å². The Morgan fingerprint density at radius 1 is 1.06 bits per heavy atom. The van der Waals surface area contributed by atoms with Crippen molar-refractivity contribution in [1.29, 1.82) is 0 Å². The lowest BCUT2D eigenvalue weighted by Crippen LogP contribution is -2.48. The highest BCUT2D eigenvalue weighted by molar-refractivity contribution is 4.84. The summed E-state index contributed by atoms with van der Waals surface area (Å²) in [6.07, 6.45) is 5.24. The Balaban J connectivity index is 1.68. The average molecular weight is 225 g/mol. The predicted octanol–water partition coefficient (Wildman–Crippen LogP) is 1.14. The van der Waals surface area contributed by atoms with Crippen LogP contribution >= 0.6 is 0 Å². The van der Waals surface area contributed by atoms with Gasteiger partial charge in [0, 0.05) is 38.8 Å². The second kappa shape index (κ2) is 5.99. The minimum Gasteiger partial charge on any atom is -0.327 e. The lowest BCUT2D eigenvalue weighted by molar-refractivity contribution is 0.116. The highest BCUT2D eigenvalue weighted by Crippen LogP contribution is 2.25. The van der Waals surface area contributed by atoms with E-state index in [-0.39, 0.29) is 0 Å². The zero-order chi connectivity index (χ0) is 11.4. The number of rotatable bonds is 4. The first kappa shape index (κ1) is 12.3. The molecule has 0 amide bonds. The maximum absolute atomic E-state index is 6.13. The van der Waals surface area contributed by atoms with Crippen LogP contribution in [0.15, 0.2) is 0 Å². The minimum absolute atomic E-state index is 0.480. The molecule has 1 saturated heterocycles. The number of hydrogen-bond acceptors (Lipinski definition) is 3. The molecule has 2 rings (SSSR count). The van der Waals surface area contributed by atoms with E-state index in [9.17, 15) is 0 Å². The molecule has 0 aromatic carbocycles. The summed E-state index contributed by atoms with van der Waals surface area (Å²) in [6, 6.07) is 0.480. The smallest absolute Gasteiger partial charge is 0.0110 e. The molecule has 0 aromatic heterocycles. The Hall–Kier alpha value is -0.120. The van der Waals surface area contributed by atoms with E-state index in [1.165, 1.54) is 65.0 Å². The van der Waals surface area contributed by atoms with E-state index < -0.39 is 0 Å². The molecule has 1 heterocycles. The van der Waals surface area contributed by atoms with E-state index >= 15 is 0 Å². The quantitative estimate of drug-likeness (QED) is 0.779. The van der Waals surface area contributed by atoms with Crippen LogP contribution < -0.4 is 5.73 Å². The molecule has 94 valence electrons. The minimum atomic E-state index is 0.480. The van der Waals surface area contributed by atoms with Gasteiger partial charge in [0.15, 0.2) is 0 Å². The van der Waals surface area contributed by atoms with Gasteiger partial charge in [0.25, 0.3) is 0 Å². The van der Waals surface area contributed by atoms with Crippen molar-refractivity contribution in [2.45, 2.75) is 38.6 Å². The maximum Gasteiger partial charge on any atom is 0.0110 e. The SMILES string of the molecule is CCCN1CCN(CC2CCCC2N)CC1. The molecule has 0 bridgehead atoms. The van der Waals surface area contributed by atoms with Crippen LogP contribution in [0.5, 0.6) is 0 Å². The van der Waals surface area contributed by atoms with Crippen LogP contribution in [0, 0.1) is 5.92 Å².